The lowest BCUT2D eigenvalue weighted by Gasteiger charge is -2.49. The third-order valence-corrected chi connectivity index (χ3v) is 6.99. The van der Waals surface area contributed by atoms with E-state index in [4.69, 9.17) is 14.7 Å². The van der Waals surface area contributed by atoms with Crippen molar-refractivity contribution in [1.82, 2.24) is 10.2 Å². The Labute approximate surface area is 210 Å². The number of carboxylic acids is 1. The maximum absolute atomic E-state index is 12.9. The summed E-state index contributed by atoms with van der Waals surface area (Å²) in [5, 5.41) is 20.5. The molecule has 2 N–H and O–H groups in total. The van der Waals surface area contributed by atoms with Gasteiger partial charge >= 0.3 is 11.9 Å². The number of rotatable bonds is 8. The predicted molar refractivity (Wildman–Crippen MR) is 127 cm³/mol. The third kappa shape index (κ3) is 5.04. The SMILES string of the molecule is COc1ccc(COC(=O)C2=C(C(=O)O)CS[C@H]3C(NC(=O)Cc4ccc(C#N)cc4)C(=O)N23)cc1. The van der Waals surface area contributed by atoms with E-state index in [0.717, 1.165) is 16.7 Å². The van der Waals surface area contributed by atoms with Gasteiger partial charge in [-0.1, -0.05) is 24.3 Å². The molecule has 1 fully saturated rings. The number of carboxylic acid groups (broad SMARTS) is 1. The normalized spacial score (nSPS) is 18.4. The summed E-state index contributed by atoms with van der Waals surface area (Å²) in [4.78, 5) is 51.2. The number of ether oxygens (including phenoxy) is 2. The molecule has 184 valence electrons. The number of β-lactam (4-membered cyclic amide) rings is 1. The highest BCUT2D eigenvalue weighted by Crippen LogP contribution is 2.40. The molecule has 0 spiro atoms. The van der Waals surface area contributed by atoms with E-state index in [9.17, 15) is 24.3 Å². The summed E-state index contributed by atoms with van der Waals surface area (Å²) in [6, 6.07) is 14.4. The number of hydrogen-bond acceptors (Lipinski definition) is 8. The number of nitrogens with zero attached hydrogens (tertiary/aromatic N) is 2. The zero-order valence-corrected chi connectivity index (χ0v) is 19.9. The van der Waals surface area contributed by atoms with Crippen LogP contribution in [-0.4, -0.2) is 58.0 Å². The summed E-state index contributed by atoms with van der Waals surface area (Å²) in [5.74, 6) is -2.64. The predicted octanol–water partition coefficient (Wildman–Crippen LogP) is 1.59. The van der Waals surface area contributed by atoms with Crippen molar-refractivity contribution in [3.05, 3.63) is 76.5 Å². The Morgan fingerprint density at radius 3 is 2.42 bits per heavy atom. The van der Waals surface area contributed by atoms with Gasteiger partial charge in [0, 0.05) is 5.75 Å². The van der Waals surface area contributed by atoms with Crippen LogP contribution in [0.1, 0.15) is 16.7 Å². The maximum atomic E-state index is 12.9. The summed E-state index contributed by atoms with van der Waals surface area (Å²) in [6.45, 7) is -0.121. The Morgan fingerprint density at radius 2 is 1.81 bits per heavy atom. The minimum Gasteiger partial charge on any atom is -0.497 e. The molecule has 1 saturated heterocycles. The van der Waals surface area contributed by atoms with Gasteiger partial charge in [-0.2, -0.15) is 5.26 Å². The quantitative estimate of drug-likeness (QED) is 0.402. The van der Waals surface area contributed by atoms with Crippen LogP contribution in [0.15, 0.2) is 59.8 Å². The summed E-state index contributed by atoms with van der Waals surface area (Å²) in [6.07, 6.45) is -0.000148. The molecule has 2 aliphatic heterocycles. The second kappa shape index (κ2) is 10.5. The fourth-order valence-electron chi connectivity index (χ4n) is 3.82. The van der Waals surface area contributed by atoms with E-state index < -0.39 is 35.2 Å². The van der Waals surface area contributed by atoms with Crippen LogP contribution in [0.4, 0.5) is 0 Å². The Hall–Kier alpha value is -4.30. The molecule has 0 saturated carbocycles. The van der Waals surface area contributed by atoms with Gasteiger partial charge in [-0.05, 0) is 35.4 Å². The van der Waals surface area contributed by atoms with E-state index in [2.05, 4.69) is 5.32 Å². The summed E-state index contributed by atoms with van der Waals surface area (Å²) in [7, 11) is 1.53. The third-order valence-electron chi connectivity index (χ3n) is 5.71. The highest BCUT2D eigenvalue weighted by molar-refractivity contribution is 8.00. The molecule has 11 heteroatoms. The number of methoxy groups -OCH3 is 1. The average molecular weight is 508 g/mol. The number of amides is 2. The van der Waals surface area contributed by atoms with Crippen LogP contribution in [0.2, 0.25) is 0 Å². The van der Waals surface area contributed by atoms with Crippen molar-refractivity contribution < 1.29 is 33.8 Å². The summed E-state index contributed by atoms with van der Waals surface area (Å²) < 4.78 is 10.4. The van der Waals surface area contributed by atoms with Crippen molar-refractivity contribution in [2.24, 2.45) is 0 Å². The van der Waals surface area contributed by atoms with Crippen molar-refractivity contribution in [2.75, 3.05) is 12.9 Å². The van der Waals surface area contributed by atoms with Gasteiger partial charge in [0.2, 0.25) is 5.91 Å². The molecule has 2 aromatic carbocycles. The minimum atomic E-state index is -1.32. The number of carbonyl (C=O) groups is 4. The van der Waals surface area contributed by atoms with Crippen molar-refractivity contribution in [2.45, 2.75) is 24.4 Å². The first-order valence-electron chi connectivity index (χ1n) is 10.8. The number of nitriles is 1. The number of benzene rings is 2. The number of nitrogens with one attached hydrogen (secondary N) is 1. The second-order valence-corrected chi connectivity index (χ2v) is 9.10. The molecule has 0 aromatic heterocycles. The van der Waals surface area contributed by atoms with Crippen LogP contribution in [0.5, 0.6) is 5.75 Å². The first kappa shape index (κ1) is 24.8. The van der Waals surface area contributed by atoms with E-state index >= 15 is 0 Å². The van der Waals surface area contributed by atoms with Gasteiger partial charge < -0.3 is 19.9 Å². The molecule has 2 aromatic rings. The number of fused-ring (bicyclic) bond motifs is 1. The van der Waals surface area contributed by atoms with Crippen LogP contribution in [-0.2, 0) is 36.9 Å². The summed E-state index contributed by atoms with van der Waals surface area (Å²) in [5.41, 5.74) is 1.25. The largest absolute Gasteiger partial charge is 0.497 e. The van der Waals surface area contributed by atoms with Gasteiger partial charge in [0.1, 0.15) is 29.5 Å². The zero-order valence-electron chi connectivity index (χ0n) is 19.1. The molecule has 0 aliphatic carbocycles. The van der Waals surface area contributed by atoms with Gasteiger partial charge in [0.15, 0.2) is 0 Å². The van der Waals surface area contributed by atoms with Crippen molar-refractivity contribution in [1.29, 1.82) is 5.26 Å². The number of esters is 1. The zero-order chi connectivity index (χ0) is 25.8. The van der Waals surface area contributed by atoms with Gasteiger partial charge in [-0.3, -0.25) is 14.5 Å². The topological polar surface area (TPSA) is 146 Å². The van der Waals surface area contributed by atoms with Crippen LogP contribution >= 0.6 is 11.8 Å². The van der Waals surface area contributed by atoms with Gasteiger partial charge in [0.25, 0.3) is 5.91 Å². The summed E-state index contributed by atoms with van der Waals surface area (Å²) >= 11 is 1.15. The molecule has 2 aliphatic rings. The Bertz CT molecular complexity index is 1280. The highest BCUT2D eigenvalue weighted by atomic mass is 32.2. The second-order valence-electron chi connectivity index (χ2n) is 8.00. The Kier molecular flexibility index (Phi) is 7.26. The number of hydrogen-bond donors (Lipinski definition) is 2. The van der Waals surface area contributed by atoms with E-state index in [1.807, 2.05) is 6.07 Å². The first-order chi connectivity index (χ1) is 17.3. The lowest BCUT2D eigenvalue weighted by molar-refractivity contribution is -0.154. The van der Waals surface area contributed by atoms with E-state index in [-0.39, 0.29) is 30.1 Å². The maximum Gasteiger partial charge on any atom is 0.356 e. The van der Waals surface area contributed by atoms with Gasteiger partial charge in [0.05, 0.1) is 30.7 Å². The fourth-order valence-corrected chi connectivity index (χ4v) is 5.15. The minimum absolute atomic E-state index is 0.000148. The molecule has 2 heterocycles. The molecule has 36 heavy (non-hydrogen) atoms. The number of carbonyl (C=O) groups excluding carboxylic acids is 3. The molecule has 4 rings (SSSR count). The van der Waals surface area contributed by atoms with Gasteiger partial charge in [-0.15, -0.1) is 11.8 Å². The molecular weight excluding hydrogens is 486 g/mol. The standard InChI is InChI=1S/C25H21N3O7S/c1-34-17-8-6-16(7-9-17)12-35-25(33)21-18(24(31)32)13-36-23-20(22(30)28(21)23)27-19(29)10-14-2-4-15(11-26)5-3-14/h2-9,20,23H,10,12-13H2,1H3,(H,27,29)(H,31,32)/t20?,23-/m0/s1. The number of aliphatic carboxylic acids is 1. The molecule has 0 bridgehead atoms. The molecule has 2 amide bonds. The average Bonchev–Trinajstić information content (AvgIpc) is 2.90. The van der Waals surface area contributed by atoms with E-state index in [1.54, 1.807) is 48.5 Å². The monoisotopic (exact) mass is 507 g/mol. The van der Waals surface area contributed by atoms with Crippen molar-refractivity contribution in [3.8, 4) is 11.8 Å². The molecule has 2 atom stereocenters. The van der Waals surface area contributed by atoms with Crippen LogP contribution < -0.4 is 10.1 Å². The molecule has 1 unspecified atom stereocenters. The Morgan fingerprint density at radius 1 is 1.14 bits per heavy atom. The smallest absolute Gasteiger partial charge is 0.356 e. The van der Waals surface area contributed by atoms with Crippen LogP contribution in [0.3, 0.4) is 0 Å². The van der Waals surface area contributed by atoms with E-state index in [0.29, 0.717) is 22.4 Å². The Balaban J connectivity index is 1.43. The molecule has 0 radical (unpaired) electrons. The molecule has 10 nitrogen and oxygen atoms in total. The van der Waals surface area contributed by atoms with Gasteiger partial charge in [-0.25, -0.2) is 9.59 Å². The first-order valence-corrected chi connectivity index (χ1v) is 11.9. The lowest BCUT2D eigenvalue weighted by Crippen LogP contribution is -2.70. The fraction of sp³-hybridized carbons (Fsp3) is 0.240. The van der Waals surface area contributed by atoms with Crippen molar-refractivity contribution in [3.63, 3.8) is 0 Å². The van der Waals surface area contributed by atoms with Crippen LogP contribution in [0, 0.1) is 11.3 Å². The molecular formula is C25H21N3O7S. The van der Waals surface area contributed by atoms with Crippen LogP contribution in [0.25, 0.3) is 0 Å². The number of thioether (sulfide) groups is 1. The lowest BCUT2D eigenvalue weighted by atomic mass is 10.0. The highest BCUT2D eigenvalue weighted by Gasteiger charge is 2.55. The van der Waals surface area contributed by atoms with Crippen molar-refractivity contribution >= 4 is 35.5 Å². The van der Waals surface area contributed by atoms with E-state index in [1.165, 1.54) is 7.11 Å².